The van der Waals surface area contributed by atoms with Gasteiger partial charge in [-0.2, -0.15) is 0 Å². The minimum absolute atomic E-state index is 0.0821. The number of nitrogens with one attached hydrogen (secondary N) is 1. The van der Waals surface area contributed by atoms with E-state index in [0.717, 1.165) is 22.0 Å². The largest absolute Gasteiger partial charge is 0.549 e. The van der Waals surface area contributed by atoms with Crippen molar-refractivity contribution >= 4 is 41.6 Å². The van der Waals surface area contributed by atoms with E-state index in [-0.39, 0.29) is 45.7 Å². The van der Waals surface area contributed by atoms with Crippen LogP contribution >= 0.6 is 0 Å². The number of hydrogen-bond acceptors (Lipinski definition) is 14. The second-order valence-electron chi connectivity index (χ2n) is 8.05. The quantitative estimate of drug-likeness (QED) is 0.115. The molecule has 3 amide bonds. The maximum absolute atomic E-state index is 12.2. The molecule has 1 rings (SSSR count). The Morgan fingerprint density at radius 1 is 0.649 bits per heavy atom. The average molecular weight is 525 g/mol. The van der Waals surface area contributed by atoms with Crippen molar-refractivity contribution in [1.29, 1.82) is 0 Å². The van der Waals surface area contributed by atoms with Crippen molar-refractivity contribution in [2.24, 2.45) is 0 Å². The minimum Gasteiger partial charge on any atom is -0.549 e. The second kappa shape index (κ2) is 16.0. The summed E-state index contributed by atoms with van der Waals surface area (Å²) in [6.07, 6.45) is 2.53. The number of carboxylic acids is 4. The summed E-state index contributed by atoms with van der Waals surface area (Å²) in [6.45, 7) is -3.48. The van der Waals surface area contributed by atoms with Gasteiger partial charge in [0, 0.05) is 77.6 Å². The van der Waals surface area contributed by atoms with Crippen molar-refractivity contribution < 1.29 is 54.0 Å². The fraction of sp³-hybridized carbons (Fsp3) is 0.571. The zero-order valence-corrected chi connectivity index (χ0v) is 19.9. The number of carbonyl (C=O) groups excluding carboxylic acids is 7. The molecule has 1 aliphatic rings. The standard InChI is InChI=1S/C21H31N5O11/c27-15(22-4-1-5-26-16(28)2-3-17(26)29)10-24(12-19(32)33)8-6-23(11-18(30)31)7-9-25(13-20(34)35)14-21(36)37/h2-3H,1,4-14H2,(H,22,27)(H,30,31)(H,32,33)(H,34,35)(H,36,37)/p-4. The van der Waals surface area contributed by atoms with Gasteiger partial charge in [0.25, 0.3) is 11.8 Å². The third-order valence-corrected chi connectivity index (χ3v) is 5.02. The molecule has 0 atom stereocenters. The van der Waals surface area contributed by atoms with Gasteiger partial charge < -0.3 is 44.9 Å². The molecule has 0 radical (unpaired) electrons. The summed E-state index contributed by atoms with van der Waals surface area (Å²) < 4.78 is 0. The first-order valence-electron chi connectivity index (χ1n) is 11.1. The Balaban J connectivity index is 2.59. The predicted molar refractivity (Wildman–Crippen MR) is 113 cm³/mol. The van der Waals surface area contributed by atoms with Crippen LogP contribution in [0.4, 0.5) is 0 Å². The van der Waals surface area contributed by atoms with Crippen LogP contribution in [0, 0.1) is 0 Å². The zero-order valence-electron chi connectivity index (χ0n) is 19.9. The Morgan fingerprint density at radius 2 is 1.03 bits per heavy atom. The van der Waals surface area contributed by atoms with Crippen LogP contribution in [0.25, 0.3) is 0 Å². The van der Waals surface area contributed by atoms with Crippen LogP contribution < -0.4 is 25.7 Å². The molecule has 0 aromatic carbocycles. The molecule has 0 saturated carbocycles. The number of nitrogens with zero attached hydrogens (tertiary/aromatic N) is 4. The molecule has 37 heavy (non-hydrogen) atoms. The summed E-state index contributed by atoms with van der Waals surface area (Å²) in [4.78, 5) is 83.4. The third-order valence-electron chi connectivity index (χ3n) is 5.02. The molecule has 1 N–H and O–H groups in total. The first-order chi connectivity index (χ1) is 17.4. The molecule has 1 heterocycles. The molecule has 1 aliphatic heterocycles. The Hall–Kier alpha value is -3.89. The molecule has 0 aliphatic carbocycles. The smallest absolute Gasteiger partial charge is 0.253 e. The summed E-state index contributed by atoms with van der Waals surface area (Å²) in [5.41, 5.74) is 0. The molecule has 0 aromatic rings. The van der Waals surface area contributed by atoms with Crippen molar-refractivity contribution in [3.05, 3.63) is 12.2 Å². The number of imide groups is 1. The fourth-order valence-electron chi connectivity index (χ4n) is 3.37. The van der Waals surface area contributed by atoms with Crippen LogP contribution in [0.15, 0.2) is 12.2 Å². The van der Waals surface area contributed by atoms with E-state index >= 15 is 0 Å². The maximum atomic E-state index is 12.2. The summed E-state index contributed by atoms with van der Waals surface area (Å²) in [6, 6.07) is 0. The number of carbonyl (C=O) groups is 7. The van der Waals surface area contributed by atoms with Crippen LogP contribution in [0.2, 0.25) is 0 Å². The van der Waals surface area contributed by atoms with Crippen LogP contribution in [0.1, 0.15) is 6.42 Å². The van der Waals surface area contributed by atoms with Crippen molar-refractivity contribution in [3.63, 3.8) is 0 Å². The van der Waals surface area contributed by atoms with Gasteiger partial charge in [0.05, 0.1) is 30.4 Å². The normalized spacial score (nSPS) is 13.1. The molecule has 0 unspecified atom stereocenters. The molecule has 0 bridgehead atoms. The molecule has 0 saturated heterocycles. The van der Waals surface area contributed by atoms with Gasteiger partial charge in [-0.3, -0.25) is 34.0 Å². The second-order valence-corrected chi connectivity index (χ2v) is 8.05. The van der Waals surface area contributed by atoms with E-state index in [1.54, 1.807) is 0 Å². The van der Waals surface area contributed by atoms with Gasteiger partial charge in [-0.05, 0) is 6.42 Å². The average Bonchev–Trinajstić information content (AvgIpc) is 3.08. The minimum atomic E-state index is -1.55. The van der Waals surface area contributed by atoms with Crippen LogP contribution in [0.3, 0.4) is 0 Å². The zero-order chi connectivity index (χ0) is 28.0. The summed E-state index contributed by atoms with van der Waals surface area (Å²) in [5.74, 6) is -7.56. The molecular weight excluding hydrogens is 498 g/mol. The highest BCUT2D eigenvalue weighted by atomic mass is 16.4. The lowest BCUT2D eigenvalue weighted by molar-refractivity contribution is -0.311. The van der Waals surface area contributed by atoms with E-state index in [9.17, 15) is 54.0 Å². The van der Waals surface area contributed by atoms with Gasteiger partial charge in [-0.1, -0.05) is 0 Å². The molecular formula is C21H27N5O11-4. The molecule has 206 valence electrons. The first kappa shape index (κ1) is 31.1. The number of carboxylic acid groups (broad SMARTS) is 4. The third kappa shape index (κ3) is 13.7. The van der Waals surface area contributed by atoms with E-state index in [1.165, 1.54) is 9.80 Å². The van der Waals surface area contributed by atoms with E-state index in [1.807, 2.05) is 0 Å². The lowest BCUT2D eigenvalue weighted by atomic mass is 10.3. The Morgan fingerprint density at radius 3 is 1.46 bits per heavy atom. The monoisotopic (exact) mass is 525 g/mol. The van der Waals surface area contributed by atoms with Gasteiger partial charge in [0.15, 0.2) is 0 Å². The van der Waals surface area contributed by atoms with Gasteiger partial charge in [0.2, 0.25) is 5.91 Å². The molecule has 0 spiro atoms. The van der Waals surface area contributed by atoms with E-state index in [0.29, 0.717) is 0 Å². The van der Waals surface area contributed by atoms with Gasteiger partial charge >= 0.3 is 0 Å². The van der Waals surface area contributed by atoms with Gasteiger partial charge in [0.1, 0.15) is 0 Å². The summed E-state index contributed by atoms with van der Waals surface area (Å²) in [5, 5.41) is 46.3. The molecule has 16 nitrogen and oxygen atoms in total. The number of rotatable bonds is 20. The molecule has 0 fully saturated rings. The number of hydrogen-bond donors (Lipinski definition) is 1. The highest BCUT2D eigenvalue weighted by molar-refractivity contribution is 6.12. The van der Waals surface area contributed by atoms with E-state index < -0.39 is 74.3 Å². The lowest BCUT2D eigenvalue weighted by Gasteiger charge is -2.30. The Bertz CT molecular complexity index is 873. The van der Waals surface area contributed by atoms with Crippen molar-refractivity contribution in [3.8, 4) is 0 Å². The van der Waals surface area contributed by atoms with E-state index in [2.05, 4.69) is 5.32 Å². The number of amides is 3. The Kier molecular flexibility index (Phi) is 13.4. The summed E-state index contributed by atoms with van der Waals surface area (Å²) in [7, 11) is 0. The van der Waals surface area contributed by atoms with Crippen molar-refractivity contribution in [2.45, 2.75) is 6.42 Å². The molecule has 16 heteroatoms. The lowest BCUT2D eigenvalue weighted by Crippen LogP contribution is -2.50. The number of aliphatic carboxylic acids is 4. The van der Waals surface area contributed by atoms with Crippen molar-refractivity contribution in [1.82, 2.24) is 24.9 Å². The highest BCUT2D eigenvalue weighted by Crippen LogP contribution is 2.03. The van der Waals surface area contributed by atoms with Crippen LogP contribution in [-0.4, -0.2) is 133 Å². The Labute approximate surface area is 211 Å². The molecule has 0 aromatic heterocycles. The topological polar surface area (TPSA) is 237 Å². The van der Waals surface area contributed by atoms with Crippen molar-refractivity contribution in [2.75, 3.05) is 72.0 Å². The van der Waals surface area contributed by atoms with Gasteiger partial charge in [-0.15, -0.1) is 0 Å². The van der Waals surface area contributed by atoms with Crippen LogP contribution in [0.5, 0.6) is 0 Å². The maximum Gasteiger partial charge on any atom is 0.253 e. The SMILES string of the molecule is O=C([O-])CN(CCN(CC(=O)[O-])CC(=O)[O-])CCN(CC(=O)[O-])CC(=O)NCCCN1C(=O)C=CC1=O. The predicted octanol–water partition coefficient (Wildman–Crippen LogP) is -8.68. The highest BCUT2D eigenvalue weighted by Gasteiger charge is 2.22. The van der Waals surface area contributed by atoms with E-state index in [4.69, 9.17) is 0 Å². The first-order valence-corrected chi connectivity index (χ1v) is 11.1. The fourth-order valence-corrected chi connectivity index (χ4v) is 3.37. The van der Waals surface area contributed by atoms with Gasteiger partial charge in [-0.25, -0.2) is 0 Å². The van der Waals surface area contributed by atoms with Crippen LogP contribution in [-0.2, 0) is 33.6 Å². The summed E-state index contributed by atoms with van der Waals surface area (Å²) >= 11 is 0.